The molecule has 2 aliphatic rings. The maximum Gasteiger partial charge on any atom is -0.0216 e. The van der Waals surface area contributed by atoms with Gasteiger partial charge in [-0.25, -0.2) is 0 Å². The number of rotatable bonds is 6. The van der Waals surface area contributed by atoms with E-state index >= 15 is 0 Å². The molecule has 0 heterocycles. The number of hydrogen-bond acceptors (Lipinski definition) is 0. The molecule has 0 aromatic heterocycles. The Balaban J connectivity index is 0. The number of benzene rings is 1. The second-order valence-electron chi connectivity index (χ2n) is 13.5. The summed E-state index contributed by atoms with van der Waals surface area (Å²) in [5.41, 5.74) is 2.99. The zero-order valence-corrected chi connectivity index (χ0v) is 25.3. The monoisotopic (exact) mass is 503 g/mol. The minimum atomic E-state index is 0. The lowest BCUT2D eigenvalue weighted by Crippen LogP contribution is -2.18. The lowest BCUT2D eigenvalue weighted by atomic mass is 9.80. The maximum absolute atomic E-state index is 2.38. The highest BCUT2D eigenvalue weighted by molar-refractivity contribution is 5.31. The van der Waals surface area contributed by atoms with Gasteiger partial charge in [-0.15, -0.1) is 0 Å². The molecule has 0 spiro atoms. The van der Waals surface area contributed by atoms with Gasteiger partial charge in [0.2, 0.25) is 0 Å². The van der Waals surface area contributed by atoms with Crippen molar-refractivity contribution in [2.24, 2.45) is 47.3 Å². The quantitative estimate of drug-likeness (QED) is 0.363. The van der Waals surface area contributed by atoms with E-state index in [1.54, 1.807) is 0 Å². The van der Waals surface area contributed by atoms with E-state index in [2.05, 4.69) is 107 Å². The molecule has 4 unspecified atom stereocenters. The predicted molar refractivity (Wildman–Crippen MR) is 169 cm³/mol. The molecular weight excluding hydrogens is 432 g/mol. The molecule has 0 amide bonds. The van der Waals surface area contributed by atoms with Gasteiger partial charge in [-0.05, 0) is 102 Å². The van der Waals surface area contributed by atoms with Gasteiger partial charge >= 0.3 is 0 Å². The molecule has 214 valence electrons. The van der Waals surface area contributed by atoms with Gasteiger partial charge in [-0.3, -0.25) is 0 Å². The molecule has 3 rings (SSSR count). The number of hydrogen-bond donors (Lipinski definition) is 0. The second-order valence-corrected chi connectivity index (χ2v) is 13.5. The molecular formula is C36H70. The van der Waals surface area contributed by atoms with E-state index in [-0.39, 0.29) is 14.9 Å². The van der Waals surface area contributed by atoms with E-state index in [0.29, 0.717) is 11.8 Å². The molecule has 0 nitrogen and oxygen atoms in total. The van der Waals surface area contributed by atoms with Crippen LogP contribution in [0.25, 0.3) is 0 Å². The molecule has 1 aromatic rings. The highest BCUT2D eigenvalue weighted by atomic mass is 14.4. The van der Waals surface area contributed by atoms with Gasteiger partial charge in [0.15, 0.2) is 0 Å². The standard InChI is InChI=1S/C12H18.2C11H22.2CH4/c1-9(2)11-7-5-6-8-12(11)10(3)4;1-8(2)10-5-6-11(7-10)9(3)4;1-8(2)10-6-5-7-11(10)9(3)4;;/h5-10H,1-4H3;2*8-11H,5-7H2,1-4H3;2*1H4. The summed E-state index contributed by atoms with van der Waals surface area (Å²) in [6.45, 7) is 28.0. The third kappa shape index (κ3) is 12.2. The molecule has 0 N–H and O–H groups in total. The topological polar surface area (TPSA) is 0 Å². The first-order valence-corrected chi connectivity index (χ1v) is 14.9. The van der Waals surface area contributed by atoms with Crippen molar-refractivity contribution in [3.63, 3.8) is 0 Å². The third-order valence-electron chi connectivity index (χ3n) is 8.98. The molecule has 4 atom stereocenters. The smallest absolute Gasteiger partial charge is 0.0216 e. The molecule has 36 heavy (non-hydrogen) atoms. The molecule has 1 aromatic carbocycles. The summed E-state index contributed by atoms with van der Waals surface area (Å²) < 4.78 is 0. The average molecular weight is 503 g/mol. The van der Waals surface area contributed by atoms with Gasteiger partial charge in [0.05, 0.1) is 0 Å². The van der Waals surface area contributed by atoms with E-state index in [1.807, 2.05) is 0 Å². The Morgan fingerprint density at radius 2 is 0.833 bits per heavy atom. The minimum Gasteiger partial charge on any atom is -0.0776 e. The molecule has 2 saturated carbocycles. The first-order valence-electron chi connectivity index (χ1n) is 14.9. The molecule has 2 fully saturated rings. The Hall–Kier alpha value is -0.780. The Labute approximate surface area is 230 Å². The Morgan fingerprint density at radius 3 is 1.06 bits per heavy atom. The molecule has 0 aliphatic heterocycles. The van der Waals surface area contributed by atoms with Crippen LogP contribution in [0.5, 0.6) is 0 Å². The van der Waals surface area contributed by atoms with Crippen LogP contribution in [-0.2, 0) is 0 Å². The fraction of sp³-hybridized carbons (Fsp3) is 0.833. The van der Waals surface area contributed by atoms with Crippen LogP contribution in [0, 0.1) is 47.3 Å². The normalized spacial score (nSPS) is 23.4. The van der Waals surface area contributed by atoms with Crippen LogP contribution in [0.1, 0.15) is 159 Å². The summed E-state index contributed by atoms with van der Waals surface area (Å²) >= 11 is 0. The zero-order valence-electron chi connectivity index (χ0n) is 25.3. The van der Waals surface area contributed by atoms with Crippen LogP contribution in [0.2, 0.25) is 0 Å². The molecule has 0 radical (unpaired) electrons. The molecule has 0 bridgehead atoms. The van der Waals surface area contributed by atoms with E-state index in [0.717, 1.165) is 47.3 Å². The van der Waals surface area contributed by atoms with Crippen molar-refractivity contribution < 1.29 is 0 Å². The highest BCUT2D eigenvalue weighted by Gasteiger charge is 2.31. The van der Waals surface area contributed by atoms with Gasteiger partial charge < -0.3 is 0 Å². The summed E-state index contributed by atoms with van der Waals surface area (Å²) in [5, 5.41) is 0. The summed E-state index contributed by atoms with van der Waals surface area (Å²) in [6.07, 6.45) is 8.92. The lowest BCUT2D eigenvalue weighted by Gasteiger charge is -2.26. The van der Waals surface area contributed by atoms with Crippen molar-refractivity contribution in [2.75, 3.05) is 0 Å². The third-order valence-corrected chi connectivity index (χ3v) is 8.98. The van der Waals surface area contributed by atoms with Gasteiger partial charge in [-0.1, -0.05) is 129 Å². The van der Waals surface area contributed by atoms with Crippen molar-refractivity contribution in [1.82, 2.24) is 0 Å². The van der Waals surface area contributed by atoms with Gasteiger partial charge in [0.25, 0.3) is 0 Å². The molecule has 0 heteroatoms. The summed E-state index contributed by atoms with van der Waals surface area (Å²) in [6, 6.07) is 8.72. The van der Waals surface area contributed by atoms with Crippen molar-refractivity contribution in [3.05, 3.63) is 35.4 Å². The van der Waals surface area contributed by atoms with Crippen LogP contribution in [0.15, 0.2) is 24.3 Å². The highest BCUT2D eigenvalue weighted by Crippen LogP contribution is 2.41. The van der Waals surface area contributed by atoms with Crippen molar-refractivity contribution >= 4 is 0 Å². The van der Waals surface area contributed by atoms with Crippen molar-refractivity contribution in [2.45, 2.75) is 148 Å². The van der Waals surface area contributed by atoms with Crippen molar-refractivity contribution in [1.29, 1.82) is 0 Å². The van der Waals surface area contributed by atoms with E-state index in [9.17, 15) is 0 Å². The minimum absolute atomic E-state index is 0. The average Bonchev–Trinajstić information content (AvgIpc) is 3.45. The molecule has 0 saturated heterocycles. The summed E-state index contributed by atoms with van der Waals surface area (Å²) in [7, 11) is 0. The van der Waals surface area contributed by atoms with Crippen LogP contribution >= 0.6 is 0 Å². The molecule has 2 aliphatic carbocycles. The Bertz CT molecular complexity index is 593. The second kappa shape index (κ2) is 18.5. The van der Waals surface area contributed by atoms with E-state index in [4.69, 9.17) is 0 Å². The lowest BCUT2D eigenvalue weighted by molar-refractivity contribution is 0.235. The predicted octanol–water partition coefficient (Wildman–Crippen LogP) is 12.6. The summed E-state index contributed by atoms with van der Waals surface area (Å²) in [5.74, 6) is 9.04. The Morgan fingerprint density at radius 1 is 0.500 bits per heavy atom. The Kier molecular flexibility index (Phi) is 19.2. The van der Waals surface area contributed by atoms with Crippen molar-refractivity contribution in [3.8, 4) is 0 Å². The van der Waals surface area contributed by atoms with Gasteiger partial charge in [-0.2, -0.15) is 0 Å². The first-order chi connectivity index (χ1) is 15.9. The van der Waals surface area contributed by atoms with E-state index in [1.165, 1.54) is 49.7 Å². The first kappa shape index (κ1) is 37.4. The fourth-order valence-corrected chi connectivity index (χ4v) is 6.50. The van der Waals surface area contributed by atoms with Crippen LogP contribution in [0.3, 0.4) is 0 Å². The zero-order chi connectivity index (χ0) is 26.0. The van der Waals surface area contributed by atoms with Gasteiger partial charge in [0, 0.05) is 0 Å². The maximum atomic E-state index is 2.38. The van der Waals surface area contributed by atoms with Gasteiger partial charge in [0.1, 0.15) is 0 Å². The van der Waals surface area contributed by atoms with E-state index < -0.39 is 0 Å². The largest absolute Gasteiger partial charge is 0.0776 e. The SMILES string of the molecule is C.C.CC(C)C1CCC(C(C)C)C1.CC(C)C1CCCC1C(C)C.CC(C)c1ccccc1C(C)C. The van der Waals surface area contributed by atoms with Crippen LogP contribution in [-0.4, -0.2) is 0 Å². The van der Waals surface area contributed by atoms with Crippen LogP contribution in [0.4, 0.5) is 0 Å². The summed E-state index contributed by atoms with van der Waals surface area (Å²) in [4.78, 5) is 0. The fourth-order valence-electron chi connectivity index (χ4n) is 6.50. The van der Waals surface area contributed by atoms with Crippen LogP contribution < -0.4 is 0 Å².